The minimum Gasteiger partial charge on any atom is -0.455 e. The number of fused-ring (bicyclic) bond motifs is 8. The van der Waals surface area contributed by atoms with Crippen molar-refractivity contribution in [2.75, 3.05) is 4.90 Å². The summed E-state index contributed by atoms with van der Waals surface area (Å²) in [5.74, 6) is 0. The van der Waals surface area contributed by atoms with Gasteiger partial charge in [-0.15, -0.1) is 0 Å². The number of hydrogen-bond donors (Lipinski definition) is 0. The fourth-order valence-electron chi connectivity index (χ4n) is 7.60. The van der Waals surface area contributed by atoms with Gasteiger partial charge in [0.15, 0.2) is 0 Å². The smallest absolute Gasteiger partial charge is 0.145 e. The van der Waals surface area contributed by atoms with Crippen LogP contribution in [0.2, 0.25) is 0 Å². The van der Waals surface area contributed by atoms with Crippen LogP contribution in [0.15, 0.2) is 246 Å². The van der Waals surface area contributed by atoms with Gasteiger partial charge >= 0.3 is 0 Å². The van der Waals surface area contributed by atoms with Gasteiger partial charge in [-0.05, 0) is 104 Å². The van der Waals surface area contributed by atoms with Crippen molar-refractivity contribution >= 4 is 82.4 Å². The third-order valence-corrected chi connectivity index (χ3v) is 10.4. The summed E-state index contributed by atoms with van der Waals surface area (Å²) in [6, 6.07) is -43.1. The maximum atomic E-state index is 10.5. The Morgan fingerprint density at radius 2 is 0.877 bits per heavy atom. The van der Waals surface area contributed by atoms with Crippen LogP contribution in [0, 0.1) is 0 Å². The van der Waals surface area contributed by atoms with E-state index in [1.165, 1.54) is 0 Å². The highest BCUT2D eigenvalue weighted by Gasteiger charge is 2.26. The molecule has 0 unspecified atom stereocenters. The first kappa shape index (κ1) is 15.0. The molecule has 304 valence electrons. The lowest BCUT2D eigenvalue weighted by Gasteiger charge is -2.29. The van der Waals surface area contributed by atoms with Crippen molar-refractivity contribution in [3.63, 3.8) is 0 Å². The third kappa shape index (κ3) is 5.97. The van der Waals surface area contributed by atoms with Crippen molar-refractivity contribution in [1.29, 1.82) is 0 Å². The molecular weight excluding hydrogens is 789 g/mol. The van der Waals surface area contributed by atoms with E-state index in [4.69, 9.17) is 30.5 Å². The van der Waals surface area contributed by atoms with Crippen LogP contribution in [-0.2, 0) is 0 Å². The van der Waals surface area contributed by atoms with Crippen LogP contribution in [-0.4, -0.2) is 4.57 Å². The van der Waals surface area contributed by atoms with Gasteiger partial charge in [0.25, 0.3) is 0 Å². The second-order valence-corrected chi connectivity index (χ2v) is 13.8. The summed E-state index contributed by atoms with van der Waals surface area (Å²) in [6.07, 6.45) is 0. The van der Waals surface area contributed by atoms with Gasteiger partial charge in [-0.2, -0.15) is 0 Å². The monoisotopic (exact) mass is 868 g/mol. The number of hydrogen-bond acceptors (Lipinski definition) is 2. The number of nitrogens with zero attached hydrogens (tertiary/aromatic N) is 2. The lowest BCUT2D eigenvalue weighted by atomic mass is 9.95. The van der Waals surface area contributed by atoms with Gasteiger partial charge in [-0.25, -0.2) is 0 Å². The van der Waals surface area contributed by atoms with Gasteiger partial charge in [0.2, 0.25) is 0 Å². The fourth-order valence-corrected chi connectivity index (χ4v) is 7.60. The third-order valence-electron chi connectivity index (χ3n) is 10.4. The maximum Gasteiger partial charge on any atom is 0.145 e. The number of para-hydroxylation sites is 4. The number of furan rings is 1. The first-order valence-electron chi connectivity index (χ1n) is 38.6. The molecule has 13 aromatic rings. The Kier molecular flexibility index (Phi) is 3.46. The van der Waals surface area contributed by atoms with Gasteiger partial charge in [-0.3, -0.25) is 0 Å². The summed E-state index contributed by atoms with van der Waals surface area (Å²) in [4.78, 5) is 0.217. The van der Waals surface area contributed by atoms with Crippen LogP contribution in [0.25, 0.3) is 104 Å². The van der Waals surface area contributed by atoms with Crippen molar-refractivity contribution in [2.24, 2.45) is 0 Å². The van der Waals surface area contributed by atoms with E-state index in [1.807, 2.05) is 0 Å². The Hall–Kier alpha value is -8.66. The molecule has 2 heterocycles. The molecule has 0 atom stereocenters. The summed E-state index contributed by atoms with van der Waals surface area (Å²) in [6.45, 7) is 0. The van der Waals surface area contributed by atoms with E-state index in [0.29, 0.717) is 4.57 Å². The molecule has 0 aliphatic carbocycles. The second kappa shape index (κ2) is 15.0. The largest absolute Gasteiger partial charge is 0.455 e. The molecule has 11 aromatic carbocycles. The van der Waals surface area contributed by atoms with E-state index in [-0.39, 0.29) is 4.90 Å². The van der Waals surface area contributed by atoms with Crippen molar-refractivity contribution < 1.29 is 57.9 Å². The lowest BCUT2D eigenvalue weighted by Crippen LogP contribution is -2.12. The second-order valence-electron chi connectivity index (χ2n) is 13.8. The van der Waals surface area contributed by atoms with Crippen LogP contribution in [0.4, 0.5) is 17.1 Å². The van der Waals surface area contributed by atoms with E-state index in [2.05, 4.69) is 0 Å². The molecule has 0 saturated carbocycles. The number of aromatic nitrogens is 1. The molecule has 0 fully saturated rings. The standard InChI is InChI=1S/C62H40N2O/c1-3-19-47-41(15-1)17-13-25-49(47)43-31-35-45(36-32-43)63(46-37-33-44(34-38-46)50-26-14-18-42-16-2-4-20-48(42)50)59-40-39-54-53-23-8-12-30-60(53)65-62(54)61(59)55-24-7-11-29-58(55)64-56-27-9-5-21-51(56)52-22-6-10-28-57(52)64/h1-40H/i1D,2D,3D,4D,5D,6D,7D,8D,9D,10D,11D,12D,13D,14D,15D,16D,17D,18D,19D,20D,21D,22D,23D,24D,25D,26D,27D,29D,30D,31D,32D,33D,34D,35D,36D,37D,38D,39D,40D. The molecule has 0 N–H and O–H groups in total. The average molecular weight is 868 g/mol. The zero-order valence-corrected chi connectivity index (χ0v) is 32.4. The Morgan fingerprint density at radius 3 is 1.55 bits per heavy atom. The molecule has 0 saturated heterocycles. The molecule has 0 aliphatic rings. The molecule has 65 heavy (non-hydrogen) atoms. The number of anilines is 3. The predicted molar refractivity (Wildman–Crippen MR) is 274 cm³/mol. The first-order valence-corrected chi connectivity index (χ1v) is 19.1. The molecular formula is C62H40N2O. The lowest BCUT2D eigenvalue weighted by molar-refractivity contribution is 0.670. The molecule has 0 aliphatic heterocycles. The zero-order valence-electron chi connectivity index (χ0n) is 71.4. The first-order chi connectivity index (χ1) is 48.5. The average Bonchev–Trinajstić information content (AvgIpc) is 1.37. The molecule has 0 amide bonds. The zero-order chi connectivity index (χ0) is 76.8. The normalized spacial score (nSPS) is 20.1. The highest BCUT2D eigenvalue weighted by Crippen LogP contribution is 2.49. The van der Waals surface area contributed by atoms with E-state index in [1.54, 1.807) is 0 Å². The Morgan fingerprint density at radius 1 is 0.369 bits per heavy atom. The molecule has 0 radical (unpaired) electrons. The van der Waals surface area contributed by atoms with Crippen molar-refractivity contribution in [3.8, 4) is 39.1 Å². The van der Waals surface area contributed by atoms with Gasteiger partial charge in [0, 0.05) is 38.5 Å². The number of benzene rings is 11. The van der Waals surface area contributed by atoms with Crippen molar-refractivity contribution in [2.45, 2.75) is 0 Å². The molecule has 13 rings (SSSR count). The van der Waals surface area contributed by atoms with Crippen LogP contribution in [0.1, 0.15) is 53.5 Å². The molecule has 3 heteroatoms. The van der Waals surface area contributed by atoms with Crippen LogP contribution in [0.3, 0.4) is 0 Å². The van der Waals surface area contributed by atoms with Crippen LogP contribution in [0.5, 0.6) is 0 Å². The Labute approximate surface area is 431 Å². The van der Waals surface area contributed by atoms with Crippen LogP contribution < -0.4 is 4.90 Å². The van der Waals surface area contributed by atoms with E-state index in [9.17, 15) is 27.4 Å². The van der Waals surface area contributed by atoms with E-state index >= 15 is 0 Å². The highest BCUT2D eigenvalue weighted by atomic mass is 16.3. The van der Waals surface area contributed by atoms with Crippen LogP contribution >= 0.6 is 0 Å². The number of rotatable bonds is 7. The summed E-state index contributed by atoms with van der Waals surface area (Å²) < 4.78 is 370. The summed E-state index contributed by atoms with van der Waals surface area (Å²) in [5, 5.41) is -5.85. The maximum absolute atomic E-state index is 10.5. The predicted octanol–water partition coefficient (Wildman–Crippen LogP) is 17.5. The molecule has 3 nitrogen and oxygen atoms in total. The Bertz CT molecular complexity index is 6030. The van der Waals surface area contributed by atoms with Gasteiger partial charge in [0.1, 0.15) is 11.2 Å². The summed E-state index contributed by atoms with van der Waals surface area (Å²) in [5.41, 5.74) is -14.9. The molecule has 0 spiro atoms. The fraction of sp³-hybridized carbons (Fsp3) is 0. The molecule has 0 bridgehead atoms. The minimum atomic E-state index is -1.50. The van der Waals surface area contributed by atoms with Gasteiger partial charge < -0.3 is 13.9 Å². The van der Waals surface area contributed by atoms with Gasteiger partial charge in [-0.1, -0.05) is 181 Å². The summed E-state index contributed by atoms with van der Waals surface area (Å²) in [7, 11) is 0. The van der Waals surface area contributed by atoms with Gasteiger partial charge in [0.05, 0.1) is 81.4 Å². The topological polar surface area (TPSA) is 21.3 Å². The van der Waals surface area contributed by atoms with Crippen molar-refractivity contribution in [3.05, 3.63) is 242 Å². The van der Waals surface area contributed by atoms with Crippen molar-refractivity contribution in [1.82, 2.24) is 4.57 Å². The quantitative estimate of drug-likeness (QED) is 0.159. The van der Waals surface area contributed by atoms with E-state index < -0.39 is 357 Å². The summed E-state index contributed by atoms with van der Waals surface area (Å²) >= 11 is 0. The van der Waals surface area contributed by atoms with E-state index in [0.717, 1.165) is 6.07 Å². The SMILES string of the molecule is [2H]c1cc2c(c([2H])c1[2H])c1c([2H])c([2H])c([2H])c([2H])c1n2-c1c([2H])c([2H])c([2H])c([2H])c1-c1c(N(c2c([2H])c([2H])c(-c3c([2H])c([2H])c([2H])c4c([2H])c([2H])c([2H])c([2H])c34)c([2H])c2[2H])c2c([2H])c([2H])c(-c3c([2H])c([2H])c([2H])c4c([2H])c([2H])c([2H])c([2H])c34)c([2H])c2[2H])c([2H])c([2H])c2c1oc1c([2H])c([2H])c([2H])c([2H])c12. The minimum absolute atomic E-state index is 0.217. The molecule has 2 aromatic heterocycles. The highest BCUT2D eigenvalue weighted by molar-refractivity contribution is 6.15. The Balaban J connectivity index is 1.33.